The summed E-state index contributed by atoms with van der Waals surface area (Å²) in [7, 11) is 1.24. The highest BCUT2D eigenvalue weighted by Gasteiger charge is 2.25. The van der Waals surface area contributed by atoms with Crippen molar-refractivity contribution in [3.05, 3.63) is 63.6 Å². The third kappa shape index (κ3) is 5.94. The number of carbonyl (C=O) groups is 2. The molecule has 0 bridgehead atoms. The fourth-order valence-corrected chi connectivity index (χ4v) is 2.95. The number of benzene rings is 1. The molecular formula is C22H28N2O5. The molecule has 7 nitrogen and oxygen atoms in total. The van der Waals surface area contributed by atoms with Crippen LogP contribution in [-0.4, -0.2) is 34.7 Å². The lowest BCUT2D eigenvalue weighted by atomic mass is 10.0. The van der Waals surface area contributed by atoms with Crippen LogP contribution < -0.4 is 10.9 Å². The van der Waals surface area contributed by atoms with Crippen LogP contribution in [0.3, 0.4) is 0 Å². The number of aromatic hydroxyl groups is 1. The number of amides is 1. The zero-order valence-corrected chi connectivity index (χ0v) is 17.3. The molecule has 0 radical (unpaired) electrons. The van der Waals surface area contributed by atoms with Crippen LogP contribution in [0.2, 0.25) is 0 Å². The van der Waals surface area contributed by atoms with Crippen molar-refractivity contribution in [3.8, 4) is 5.75 Å². The van der Waals surface area contributed by atoms with Crippen molar-refractivity contribution >= 4 is 11.9 Å². The number of methoxy groups -OCH3 is 1. The molecule has 1 atom stereocenters. The first kappa shape index (κ1) is 22.2. The van der Waals surface area contributed by atoms with Crippen molar-refractivity contribution in [3.63, 3.8) is 0 Å². The number of hydrogen-bond acceptors (Lipinski definition) is 5. The molecule has 1 aromatic carbocycles. The van der Waals surface area contributed by atoms with Gasteiger partial charge in [-0.2, -0.15) is 0 Å². The van der Waals surface area contributed by atoms with Gasteiger partial charge in [0.2, 0.25) is 0 Å². The third-order valence-electron chi connectivity index (χ3n) is 4.72. The molecule has 0 fully saturated rings. The van der Waals surface area contributed by atoms with E-state index < -0.39 is 17.9 Å². The van der Waals surface area contributed by atoms with Crippen molar-refractivity contribution < 1.29 is 19.4 Å². The van der Waals surface area contributed by atoms with Gasteiger partial charge >= 0.3 is 5.97 Å². The maximum Gasteiger partial charge on any atom is 0.328 e. The van der Waals surface area contributed by atoms with E-state index in [1.165, 1.54) is 23.8 Å². The summed E-state index contributed by atoms with van der Waals surface area (Å²) in [4.78, 5) is 37.9. The van der Waals surface area contributed by atoms with Gasteiger partial charge in [-0.05, 0) is 48.6 Å². The molecule has 2 N–H and O–H groups in total. The van der Waals surface area contributed by atoms with Crippen LogP contribution in [0.5, 0.6) is 5.75 Å². The van der Waals surface area contributed by atoms with E-state index in [0.717, 1.165) is 12.0 Å². The highest BCUT2D eigenvalue weighted by atomic mass is 16.5. The number of ether oxygens (including phenoxy) is 1. The largest absolute Gasteiger partial charge is 0.508 e. The minimum absolute atomic E-state index is 0.0239. The van der Waals surface area contributed by atoms with E-state index in [2.05, 4.69) is 19.2 Å². The molecule has 0 aliphatic heterocycles. The number of aromatic nitrogens is 1. The first-order valence-corrected chi connectivity index (χ1v) is 9.59. The second-order valence-electron chi connectivity index (χ2n) is 7.47. The molecule has 2 rings (SSSR count). The Balaban J connectivity index is 2.26. The molecule has 0 unspecified atom stereocenters. The monoisotopic (exact) mass is 400 g/mol. The number of nitrogens with zero attached hydrogens (tertiary/aromatic N) is 1. The Bertz CT molecular complexity index is 916. The number of phenolic OH excluding ortho intramolecular Hbond substituents is 1. The molecule has 0 saturated heterocycles. The number of hydrogen-bond donors (Lipinski definition) is 2. The van der Waals surface area contributed by atoms with Crippen LogP contribution >= 0.6 is 0 Å². The Hall–Kier alpha value is -3.09. The average Bonchev–Trinajstić information content (AvgIpc) is 2.67. The van der Waals surface area contributed by atoms with Crippen LogP contribution in [0, 0.1) is 12.8 Å². The number of aryl methyl sites for hydroxylation is 2. The van der Waals surface area contributed by atoms with Crippen LogP contribution in [0.4, 0.5) is 0 Å². The molecule has 1 aromatic heterocycles. The van der Waals surface area contributed by atoms with Gasteiger partial charge in [-0.3, -0.25) is 9.59 Å². The highest BCUT2D eigenvalue weighted by molar-refractivity contribution is 5.97. The average molecular weight is 400 g/mol. The van der Waals surface area contributed by atoms with Gasteiger partial charge < -0.3 is 19.7 Å². The molecular weight excluding hydrogens is 372 g/mol. The van der Waals surface area contributed by atoms with Gasteiger partial charge in [0, 0.05) is 19.2 Å². The predicted octanol–water partition coefficient (Wildman–Crippen LogP) is 2.42. The van der Waals surface area contributed by atoms with Gasteiger partial charge in [0.1, 0.15) is 17.4 Å². The Morgan fingerprint density at radius 1 is 1.17 bits per heavy atom. The Kier molecular flexibility index (Phi) is 7.59. The maximum atomic E-state index is 12.9. The summed E-state index contributed by atoms with van der Waals surface area (Å²) >= 11 is 0. The number of carbonyl (C=O) groups excluding carboxylic acids is 2. The van der Waals surface area contributed by atoms with Crippen LogP contribution in [0.25, 0.3) is 0 Å². The first-order valence-electron chi connectivity index (χ1n) is 9.59. The van der Waals surface area contributed by atoms with E-state index in [-0.39, 0.29) is 23.3 Å². The van der Waals surface area contributed by atoms with Crippen LogP contribution in [0.15, 0.2) is 41.3 Å². The summed E-state index contributed by atoms with van der Waals surface area (Å²) in [6.07, 6.45) is 2.67. The van der Waals surface area contributed by atoms with E-state index in [9.17, 15) is 19.5 Å². The number of esters is 1. The molecule has 156 valence electrons. The zero-order valence-electron chi connectivity index (χ0n) is 17.3. The Morgan fingerprint density at radius 2 is 1.83 bits per heavy atom. The summed E-state index contributed by atoms with van der Waals surface area (Å²) in [5.41, 5.74) is 0.923. The first-order chi connectivity index (χ1) is 13.7. The number of rotatable bonds is 8. The van der Waals surface area contributed by atoms with Crippen molar-refractivity contribution in [1.29, 1.82) is 0 Å². The molecule has 1 heterocycles. The summed E-state index contributed by atoms with van der Waals surface area (Å²) < 4.78 is 6.33. The molecule has 2 aromatic rings. The second-order valence-corrected chi connectivity index (χ2v) is 7.47. The topological polar surface area (TPSA) is 97.6 Å². The van der Waals surface area contributed by atoms with Gasteiger partial charge in [0.25, 0.3) is 11.5 Å². The third-order valence-corrected chi connectivity index (χ3v) is 4.72. The van der Waals surface area contributed by atoms with E-state index >= 15 is 0 Å². The van der Waals surface area contributed by atoms with Gasteiger partial charge in [-0.25, -0.2) is 4.79 Å². The molecule has 0 aliphatic carbocycles. The molecule has 0 aliphatic rings. The standard InChI is InChI=1S/C22H28N2O5/c1-14(2)9-11-24-12-10-15(3)19(21(24)27)20(26)23-18(22(28)29-4)13-16-5-7-17(25)8-6-16/h5-8,10,12,14,18,25H,9,11,13H2,1-4H3,(H,23,26)/t18-/m0/s1. The zero-order chi connectivity index (χ0) is 21.6. The fourth-order valence-electron chi connectivity index (χ4n) is 2.95. The predicted molar refractivity (Wildman–Crippen MR) is 110 cm³/mol. The molecule has 0 spiro atoms. The van der Waals surface area contributed by atoms with E-state index in [1.54, 1.807) is 31.3 Å². The van der Waals surface area contributed by atoms with Gasteiger partial charge in [-0.15, -0.1) is 0 Å². The van der Waals surface area contributed by atoms with Crippen molar-refractivity contribution in [2.75, 3.05) is 7.11 Å². The highest BCUT2D eigenvalue weighted by Crippen LogP contribution is 2.13. The molecule has 1 amide bonds. The number of nitrogens with one attached hydrogen (secondary N) is 1. The van der Waals surface area contributed by atoms with Gasteiger partial charge in [-0.1, -0.05) is 26.0 Å². The lowest BCUT2D eigenvalue weighted by Gasteiger charge is -2.18. The smallest absolute Gasteiger partial charge is 0.328 e. The summed E-state index contributed by atoms with van der Waals surface area (Å²) in [5.74, 6) is -0.690. The normalized spacial score (nSPS) is 11.9. The molecule has 7 heteroatoms. The van der Waals surface area contributed by atoms with E-state index in [0.29, 0.717) is 18.0 Å². The minimum Gasteiger partial charge on any atom is -0.508 e. The molecule has 29 heavy (non-hydrogen) atoms. The van der Waals surface area contributed by atoms with Crippen molar-refractivity contribution in [1.82, 2.24) is 9.88 Å². The maximum absolute atomic E-state index is 12.9. The van der Waals surface area contributed by atoms with Crippen molar-refractivity contribution in [2.24, 2.45) is 5.92 Å². The van der Waals surface area contributed by atoms with E-state index in [1.807, 2.05) is 0 Å². The number of pyridine rings is 1. The summed E-state index contributed by atoms with van der Waals surface area (Å²) in [5, 5.41) is 12.0. The Morgan fingerprint density at radius 3 is 2.41 bits per heavy atom. The van der Waals surface area contributed by atoms with Gasteiger partial charge in [0.15, 0.2) is 0 Å². The number of phenols is 1. The Labute approximate surface area is 170 Å². The summed E-state index contributed by atoms with van der Waals surface area (Å²) in [6.45, 7) is 6.34. The lowest BCUT2D eigenvalue weighted by Crippen LogP contribution is -2.45. The van der Waals surface area contributed by atoms with Crippen LogP contribution in [-0.2, 0) is 22.5 Å². The summed E-state index contributed by atoms with van der Waals surface area (Å²) in [6, 6.07) is 7.08. The lowest BCUT2D eigenvalue weighted by molar-refractivity contribution is -0.142. The van der Waals surface area contributed by atoms with Gasteiger partial charge in [0.05, 0.1) is 7.11 Å². The van der Waals surface area contributed by atoms with Crippen LogP contribution in [0.1, 0.15) is 41.8 Å². The quantitative estimate of drug-likeness (QED) is 0.663. The second kappa shape index (κ2) is 9.91. The van der Waals surface area contributed by atoms with E-state index in [4.69, 9.17) is 4.74 Å². The molecule has 0 saturated carbocycles. The minimum atomic E-state index is -0.958. The SMILES string of the molecule is COC(=O)[C@H](Cc1ccc(O)cc1)NC(=O)c1c(C)ccn(CCC(C)C)c1=O. The fraction of sp³-hybridized carbons (Fsp3) is 0.409. The van der Waals surface area contributed by atoms with Crippen molar-refractivity contribution in [2.45, 2.75) is 46.2 Å².